The zero-order valence-corrected chi connectivity index (χ0v) is 15.0. The summed E-state index contributed by atoms with van der Waals surface area (Å²) in [5, 5.41) is 9.97. The quantitative estimate of drug-likeness (QED) is 0.715. The monoisotopic (exact) mass is 381 g/mol. The molecule has 0 N–H and O–H groups in total. The third kappa shape index (κ3) is 4.51. The average Bonchev–Trinajstić information content (AvgIpc) is 2.52. The highest BCUT2D eigenvalue weighted by atomic mass is 35.5. The number of para-hydroxylation sites is 1. The van der Waals surface area contributed by atoms with Crippen molar-refractivity contribution in [3.8, 4) is 11.8 Å². The molecule has 0 aliphatic rings. The van der Waals surface area contributed by atoms with Gasteiger partial charge in [-0.1, -0.05) is 47.5 Å². The smallest absolute Gasteiger partial charge is 0.185 e. The number of sulfone groups is 1. The van der Waals surface area contributed by atoms with E-state index in [0.29, 0.717) is 26.9 Å². The first-order valence-electron chi connectivity index (χ1n) is 6.79. The van der Waals surface area contributed by atoms with Crippen LogP contribution in [0.15, 0.2) is 47.4 Å². The molecule has 0 radical (unpaired) electrons. The number of nitriles is 1. The first-order valence-corrected chi connectivity index (χ1v) is 9.44. The van der Waals surface area contributed by atoms with Crippen LogP contribution >= 0.6 is 23.2 Å². The Morgan fingerprint density at radius 3 is 2.38 bits per heavy atom. The lowest BCUT2D eigenvalue weighted by molar-refractivity contribution is 0.306. The van der Waals surface area contributed by atoms with Crippen LogP contribution in [0.5, 0.6) is 5.75 Å². The van der Waals surface area contributed by atoms with Crippen molar-refractivity contribution in [1.82, 2.24) is 0 Å². The van der Waals surface area contributed by atoms with E-state index >= 15 is 0 Å². The van der Waals surface area contributed by atoms with Crippen LogP contribution in [-0.2, 0) is 16.4 Å². The predicted molar refractivity (Wildman–Crippen MR) is 95.7 cm³/mol. The highest BCUT2D eigenvalue weighted by Crippen LogP contribution is 2.28. The lowest BCUT2D eigenvalue weighted by Gasteiger charge is -2.11. The predicted octanol–water partition coefficient (Wildman–Crippen LogP) is 4.48. The molecule has 0 saturated heterocycles. The standard InChI is InChI=1S/C17H13Cl2NO3S/c1-24(21,22)13(10-20)9-12-5-2-3-8-17(12)23-11-14-15(18)6-4-7-16(14)19/h2-9H,11H2,1H3/b13-9+. The number of rotatable bonds is 5. The van der Waals surface area contributed by atoms with Gasteiger partial charge >= 0.3 is 0 Å². The van der Waals surface area contributed by atoms with E-state index < -0.39 is 9.84 Å². The van der Waals surface area contributed by atoms with Gasteiger partial charge in [-0.05, 0) is 24.3 Å². The summed E-state index contributed by atoms with van der Waals surface area (Å²) in [7, 11) is -3.61. The molecule has 0 aliphatic carbocycles. The molecule has 24 heavy (non-hydrogen) atoms. The van der Waals surface area contributed by atoms with Gasteiger partial charge in [-0.25, -0.2) is 8.42 Å². The SMILES string of the molecule is CS(=O)(=O)/C(C#N)=C/c1ccccc1OCc1c(Cl)cccc1Cl. The Labute approximate surface area is 150 Å². The summed E-state index contributed by atoms with van der Waals surface area (Å²) >= 11 is 12.2. The van der Waals surface area contributed by atoms with Gasteiger partial charge in [-0.15, -0.1) is 0 Å². The molecule has 2 aromatic rings. The molecule has 0 unspecified atom stereocenters. The lowest BCUT2D eigenvalue weighted by atomic mass is 10.2. The Hall–Kier alpha value is -2.00. The maximum atomic E-state index is 11.6. The summed E-state index contributed by atoms with van der Waals surface area (Å²) in [6.45, 7) is 0.115. The van der Waals surface area contributed by atoms with E-state index in [9.17, 15) is 8.42 Å². The molecule has 0 fully saturated rings. The molecule has 0 aromatic heterocycles. The Bertz CT molecular complexity index is 911. The number of ether oxygens (including phenoxy) is 1. The maximum Gasteiger partial charge on any atom is 0.185 e. The second-order valence-electron chi connectivity index (χ2n) is 4.92. The summed E-state index contributed by atoms with van der Waals surface area (Å²) < 4.78 is 28.9. The maximum absolute atomic E-state index is 11.6. The van der Waals surface area contributed by atoms with Crippen LogP contribution in [0.4, 0.5) is 0 Å². The van der Waals surface area contributed by atoms with Crippen LogP contribution in [0.1, 0.15) is 11.1 Å². The van der Waals surface area contributed by atoms with Crippen LogP contribution < -0.4 is 4.74 Å². The van der Waals surface area contributed by atoms with Crippen molar-refractivity contribution >= 4 is 39.1 Å². The second kappa shape index (κ2) is 7.71. The molecule has 0 spiro atoms. The molecular formula is C17H13Cl2NO3S. The van der Waals surface area contributed by atoms with E-state index in [1.54, 1.807) is 48.5 Å². The van der Waals surface area contributed by atoms with Crippen molar-refractivity contribution in [3.63, 3.8) is 0 Å². The fourth-order valence-electron chi connectivity index (χ4n) is 1.91. The van der Waals surface area contributed by atoms with E-state index in [1.165, 1.54) is 6.08 Å². The van der Waals surface area contributed by atoms with Crippen LogP contribution in [0.2, 0.25) is 10.0 Å². The van der Waals surface area contributed by atoms with Gasteiger partial charge in [0.15, 0.2) is 9.84 Å². The minimum atomic E-state index is -3.61. The van der Waals surface area contributed by atoms with Crippen molar-refractivity contribution in [2.24, 2.45) is 0 Å². The molecule has 0 heterocycles. The third-order valence-corrected chi connectivity index (χ3v) is 4.87. The van der Waals surface area contributed by atoms with Crippen molar-refractivity contribution < 1.29 is 13.2 Å². The molecule has 0 saturated carbocycles. The minimum Gasteiger partial charge on any atom is -0.488 e. The van der Waals surface area contributed by atoms with Crippen molar-refractivity contribution in [3.05, 3.63) is 68.5 Å². The number of benzene rings is 2. The Balaban J connectivity index is 2.34. The van der Waals surface area contributed by atoms with E-state index in [-0.39, 0.29) is 11.5 Å². The molecule has 2 aromatic carbocycles. The minimum absolute atomic E-state index is 0.115. The lowest BCUT2D eigenvalue weighted by Crippen LogP contribution is -2.01. The van der Waals surface area contributed by atoms with Gasteiger partial charge in [0.25, 0.3) is 0 Å². The van der Waals surface area contributed by atoms with Gasteiger partial charge in [0.05, 0.1) is 0 Å². The first kappa shape index (κ1) is 18.3. The van der Waals surface area contributed by atoms with E-state index in [1.807, 2.05) is 0 Å². The fraction of sp³-hybridized carbons (Fsp3) is 0.118. The molecule has 7 heteroatoms. The molecule has 0 atom stereocenters. The molecule has 2 rings (SSSR count). The van der Waals surface area contributed by atoms with E-state index in [4.69, 9.17) is 33.2 Å². The molecule has 0 aliphatic heterocycles. The Morgan fingerprint density at radius 2 is 1.79 bits per heavy atom. The normalized spacial score (nSPS) is 11.8. The number of hydrogen-bond donors (Lipinski definition) is 0. The number of nitrogens with zero attached hydrogens (tertiary/aromatic N) is 1. The summed E-state index contributed by atoms with van der Waals surface area (Å²) in [4.78, 5) is -0.339. The van der Waals surface area contributed by atoms with Gasteiger partial charge in [0, 0.05) is 27.4 Å². The molecule has 4 nitrogen and oxygen atoms in total. The highest BCUT2D eigenvalue weighted by molar-refractivity contribution is 7.95. The Kier molecular flexibility index (Phi) is 5.89. The summed E-state index contributed by atoms with van der Waals surface area (Å²) in [5.74, 6) is 0.421. The number of hydrogen-bond acceptors (Lipinski definition) is 4. The van der Waals surface area contributed by atoms with Gasteiger partial charge in [-0.3, -0.25) is 0 Å². The number of halogens is 2. The topological polar surface area (TPSA) is 67.2 Å². The van der Waals surface area contributed by atoms with Crippen molar-refractivity contribution in [2.75, 3.05) is 6.26 Å². The van der Waals surface area contributed by atoms with Crippen LogP contribution in [0.3, 0.4) is 0 Å². The molecule has 0 bridgehead atoms. The molecule has 124 valence electrons. The zero-order chi connectivity index (χ0) is 17.7. The third-order valence-electron chi connectivity index (χ3n) is 3.15. The van der Waals surface area contributed by atoms with Crippen molar-refractivity contribution in [2.45, 2.75) is 6.61 Å². The van der Waals surface area contributed by atoms with Gasteiger partial charge in [0.2, 0.25) is 0 Å². The largest absolute Gasteiger partial charge is 0.488 e. The zero-order valence-electron chi connectivity index (χ0n) is 12.7. The van der Waals surface area contributed by atoms with Crippen LogP contribution in [0.25, 0.3) is 6.08 Å². The Morgan fingerprint density at radius 1 is 1.17 bits per heavy atom. The highest BCUT2D eigenvalue weighted by Gasteiger charge is 2.13. The summed E-state index contributed by atoms with van der Waals surface area (Å²) in [6, 6.07) is 13.6. The van der Waals surface area contributed by atoms with E-state index in [2.05, 4.69) is 0 Å². The summed E-state index contributed by atoms with van der Waals surface area (Å²) in [5.41, 5.74) is 1.10. The molecule has 0 amide bonds. The van der Waals surface area contributed by atoms with Crippen molar-refractivity contribution in [1.29, 1.82) is 5.26 Å². The van der Waals surface area contributed by atoms with Crippen LogP contribution in [-0.4, -0.2) is 14.7 Å². The molecular weight excluding hydrogens is 369 g/mol. The first-order chi connectivity index (χ1) is 11.3. The average molecular weight is 382 g/mol. The fourth-order valence-corrected chi connectivity index (χ4v) is 2.93. The van der Waals surface area contributed by atoms with Gasteiger partial charge < -0.3 is 4.74 Å². The van der Waals surface area contributed by atoms with Gasteiger partial charge in [0.1, 0.15) is 23.3 Å². The van der Waals surface area contributed by atoms with Gasteiger partial charge in [-0.2, -0.15) is 5.26 Å². The second-order valence-corrected chi connectivity index (χ2v) is 7.72. The summed E-state index contributed by atoms with van der Waals surface area (Å²) in [6.07, 6.45) is 2.26. The van der Waals surface area contributed by atoms with E-state index in [0.717, 1.165) is 6.26 Å². The van der Waals surface area contributed by atoms with Crippen LogP contribution in [0, 0.1) is 11.3 Å². The number of allylic oxidation sites excluding steroid dienone is 1.